The summed E-state index contributed by atoms with van der Waals surface area (Å²) in [4.78, 5) is 13.7. The highest BCUT2D eigenvalue weighted by atomic mass is 16.5. The Hall–Kier alpha value is -1.35. The summed E-state index contributed by atoms with van der Waals surface area (Å²) in [6.45, 7) is 1.58. The van der Waals surface area contributed by atoms with Crippen LogP contribution in [0.25, 0.3) is 0 Å². The van der Waals surface area contributed by atoms with Crippen LogP contribution < -0.4 is 0 Å². The van der Waals surface area contributed by atoms with E-state index in [1.165, 1.54) is 0 Å². The average molecular weight is 217 g/mol. The van der Waals surface area contributed by atoms with Gasteiger partial charge >= 0.3 is 0 Å². The maximum absolute atomic E-state index is 11.8. The highest BCUT2D eigenvalue weighted by molar-refractivity contribution is 5.79. The van der Waals surface area contributed by atoms with Gasteiger partial charge in [-0.25, -0.2) is 0 Å². The van der Waals surface area contributed by atoms with Gasteiger partial charge in [0.25, 0.3) is 0 Å². The van der Waals surface area contributed by atoms with Crippen LogP contribution in [-0.4, -0.2) is 24.0 Å². The van der Waals surface area contributed by atoms with Crippen LogP contribution in [0.15, 0.2) is 30.3 Å². The molecule has 1 atom stereocenters. The minimum absolute atomic E-state index is 0.226. The summed E-state index contributed by atoms with van der Waals surface area (Å²) in [6, 6.07) is 10.1. The number of rotatable bonds is 1. The molecule has 0 bridgehead atoms. The first-order valence-corrected chi connectivity index (χ1v) is 5.83. The third-order valence-corrected chi connectivity index (χ3v) is 3.51. The lowest BCUT2D eigenvalue weighted by atomic mass is 9.98. The van der Waals surface area contributed by atoms with E-state index in [0.717, 1.165) is 31.6 Å². The second kappa shape index (κ2) is 3.59. The number of carbonyl (C=O) groups excluding carboxylic acids is 1. The molecule has 16 heavy (non-hydrogen) atoms. The molecule has 0 radical (unpaired) electrons. The largest absolute Gasteiger partial charge is 0.351 e. The third-order valence-electron chi connectivity index (χ3n) is 3.51. The van der Waals surface area contributed by atoms with Crippen molar-refractivity contribution in [2.24, 2.45) is 0 Å². The summed E-state index contributed by atoms with van der Waals surface area (Å²) in [7, 11) is 0. The highest BCUT2D eigenvalue weighted by Crippen LogP contribution is 2.42. The summed E-state index contributed by atoms with van der Waals surface area (Å²) >= 11 is 0. The van der Waals surface area contributed by atoms with E-state index >= 15 is 0 Å². The minimum atomic E-state index is -0.462. The molecule has 0 saturated carbocycles. The minimum Gasteiger partial charge on any atom is -0.351 e. The maximum atomic E-state index is 11.8. The molecule has 2 fully saturated rings. The number of carbonyl (C=O) groups is 1. The summed E-state index contributed by atoms with van der Waals surface area (Å²) in [5.41, 5.74) is 0.650. The van der Waals surface area contributed by atoms with Crippen LogP contribution in [0.1, 0.15) is 24.8 Å². The van der Waals surface area contributed by atoms with Gasteiger partial charge in [0, 0.05) is 24.9 Å². The van der Waals surface area contributed by atoms with Crippen LogP contribution >= 0.6 is 0 Å². The lowest BCUT2D eigenvalue weighted by Crippen LogP contribution is -2.49. The van der Waals surface area contributed by atoms with Gasteiger partial charge in [0.1, 0.15) is 0 Å². The average Bonchev–Trinajstić information content (AvgIpc) is 2.70. The van der Waals surface area contributed by atoms with Crippen LogP contribution in [0.2, 0.25) is 0 Å². The Morgan fingerprint density at radius 3 is 2.88 bits per heavy atom. The van der Waals surface area contributed by atoms with Crippen LogP contribution in [0.3, 0.4) is 0 Å². The van der Waals surface area contributed by atoms with Crippen molar-refractivity contribution in [3.8, 4) is 0 Å². The van der Waals surface area contributed by atoms with Crippen molar-refractivity contribution in [3.63, 3.8) is 0 Å². The summed E-state index contributed by atoms with van der Waals surface area (Å²) in [6.07, 6.45) is 2.34. The Kier molecular flexibility index (Phi) is 2.21. The van der Waals surface area contributed by atoms with Gasteiger partial charge in [0.05, 0.1) is 6.61 Å². The topological polar surface area (TPSA) is 29.5 Å². The van der Waals surface area contributed by atoms with Crippen LogP contribution in [0.4, 0.5) is 0 Å². The second-order valence-corrected chi connectivity index (χ2v) is 4.40. The molecule has 3 nitrogen and oxygen atoms in total. The molecule has 84 valence electrons. The van der Waals surface area contributed by atoms with Crippen molar-refractivity contribution in [3.05, 3.63) is 35.9 Å². The Balaban J connectivity index is 2.04. The molecule has 2 saturated heterocycles. The Morgan fingerprint density at radius 1 is 1.25 bits per heavy atom. The molecular weight excluding hydrogens is 202 g/mol. The van der Waals surface area contributed by atoms with Crippen molar-refractivity contribution < 1.29 is 9.53 Å². The summed E-state index contributed by atoms with van der Waals surface area (Å²) in [5.74, 6) is 0.226. The van der Waals surface area contributed by atoms with Crippen LogP contribution in [-0.2, 0) is 15.3 Å². The zero-order valence-corrected chi connectivity index (χ0v) is 9.19. The van der Waals surface area contributed by atoms with Gasteiger partial charge in [0.2, 0.25) is 5.91 Å². The molecule has 2 aliphatic heterocycles. The zero-order valence-electron chi connectivity index (χ0n) is 9.19. The smallest absolute Gasteiger partial charge is 0.225 e. The van der Waals surface area contributed by atoms with Gasteiger partial charge in [0.15, 0.2) is 5.72 Å². The summed E-state index contributed by atoms with van der Waals surface area (Å²) in [5, 5.41) is 0. The third kappa shape index (κ3) is 1.28. The quantitative estimate of drug-likeness (QED) is 0.718. The molecule has 0 unspecified atom stereocenters. The Bertz CT molecular complexity index is 404. The molecule has 1 aromatic rings. The molecule has 3 heteroatoms. The van der Waals surface area contributed by atoms with Crippen molar-refractivity contribution in [2.75, 3.05) is 13.2 Å². The number of hydrogen-bond acceptors (Lipinski definition) is 2. The van der Waals surface area contributed by atoms with E-state index in [4.69, 9.17) is 4.74 Å². The standard InChI is InChI=1S/C13H15NO2/c15-12-7-8-13(11-5-2-1-3-6-11)14(12)9-4-10-16-13/h1-3,5-6H,4,7-10H2/t13-/m1/s1. The summed E-state index contributed by atoms with van der Waals surface area (Å²) < 4.78 is 5.95. The van der Waals surface area contributed by atoms with E-state index in [0.29, 0.717) is 6.42 Å². The van der Waals surface area contributed by atoms with Crippen LogP contribution in [0.5, 0.6) is 0 Å². The fraction of sp³-hybridized carbons (Fsp3) is 0.462. The molecule has 2 heterocycles. The molecule has 0 aliphatic carbocycles. The van der Waals surface area contributed by atoms with E-state index in [9.17, 15) is 4.79 Å². The number of fused-ring (bicyclic) bond motifs is 1. The normalized spacial score (nSPS) is 29.2. The Morgan fingerprint density at radius 2 is 2.06 bits per heavy atom. The predicted octanol–water partition coefficient (Wildman–Crippen LogP) is 1.88. The predicted molar refractivity (Wildman–Crippen MR) is 59.6 cm³/mol. The van der Waals surface area contributed by atoms with Crippen molar-refractivity contribution >= 4 is 5.91 Å². The first kappa shape index (κ1) is 9.85. The van der Waals surface area contributed by atoms with E-state index in [1.54, 1.807) is 0 Å². The number of amides is 1. The highest BCUT2D eigenvalue weighted by Gasteiger charge is 2.49. The zero-order chi connectivity index (χ0) is 11.0. The molecule has 3 rings (SSSR count). The molecular formula is C13H15NO2. The van der Waals surface area contributed by atoms with Crippen molar-refractivity contribution in [1.29, 1.82) is 0 Å². The monoisotopic (exact) mass is 217 g/mol. The number of ether oxygens (including phenoxy) is 1. The van der Waals surface area contributed by atoms with Crippen molar-refractivity contribution in [1.82, 2.24) is 4.90 Å². The van der Waals surface area contributed by atoms with E-state index in [-0.39, 0.29) is 5.91 Å². The molecule has 1 amide bonds. The molecule has 0 N–H and O–H groups in total. The van der Waals surface area contributed by atoms with Crippen molar-refractivity contribution in [2.45, 2.75) is 25.0 Å². The van der Waals surface area contributed by atoms with Gasteiger partial charge in [-0.05, 0) is 6.42 Å². The lowest BCUT2D eigenvalue weighted by molar-refractivity contribution is -0.183. The molecule has 0 spiro atoms. The lowest BCUT2D eigenvalue weighted by Gasteiger charge is -2.42. The van der Waals surface area contributed by atoms with Gasteiger partial charge in [-0.2, -0.15) is 0 Å². The first-order chi connectivity index (χ1) is 7.83. The number of hydrogen-bond donors (Lipinski definition) is 0. The Labute approximate surface area is 95.0 Å². The molecule has 2 aliphatic rings. The van der Waals surface area contributed by atoms with E-state index in [1.807, 2.05) is 23.1 Å². The second-order valence-electron chi connectivity index (χ2n) is 4.40. The van der Waals surface area contributed by atoms with Crippen LogP contribution in [0, 0.1) is 0 Å². The number of benzene rings is 1. The van der Waals surface area contributed by atoms with E-state index < -0.39 is 5.72 Å². The fourth-order valence-corrected chi connectivity index (χ4v) is 2.75. The molecule has 0 aromatic heterocycles. The van der Waals surface area contributed by atoms with Gasteiger partial charge in [-0.1, -0.05) is 30.3 Å². The van der Waals surface area contributed by atoms with Gasteiger partial charge < -0.3 is 9.64 Å². The van der Waals surface area contributed by atoms with Gasteiger partial charge in [-0.15, -0.1) is 0 Å². The number of nitrogens with zero attached hydrogens (tertiary/aromatic N) is 1. The fourth-order valence-electron chi connectivity index (χ4n) is 2.75. The molecule has 1 aromatic carbocycles. The first-order valence-electron chi connectivity index (χ1n) is 5.83. The van der Waals surface area contributed by atoms with E-state index in [2.05, 4.69) is 12.1 Å². The van der Waals surface area contributed by atoms with Gasteiger partial charge in [-0.3, -0.25) is 4.79 Å². The SMILES string of the molecule is O=C1CC[C@]2(c3ccccc3)OCCCN12. The maximum Gasteiger partial charge on any atom is 0.225 e.